The van der Waals surface area contributed by atoms with E-state index >= 15 is 0 Å². The average molecular weight is 397 g/mol. The van der Waals surface area contributed by atoms with Crippen molar-refractivity contribution in [3.63, 3.8) is 0 Å². The van der Waals surface area contributed by atoms with E-state index in [9.17, 15) is 9.59 Å². The SMILES string of the molecule is CC(=O)Oc1ccc(-c2ccc(C(=O)NCCc3ccccn3)cc2)cc1.Cl. The second-order valence-electron chi connectivity index (χ2n) is 6.02. The molecule has 0 saturated carbocycles. The third-order valence-corrected chi connectivity index (χ3v) is 3.99. The molecule has 0 aliphatic rings. The summed E-state index contributed by atoms with van der Waals surface area (Å²) < 4.78 is 5.03. The van der Waals surface area contributed by atoms with E-state index in [4.69, 9.17) is 4.74 Å². The Hall–Kier alpha value is -3.18. The normalized spacial score (nSPS) is 9.89. The molecule has 0 fully saturated rings. The molecular formula is C22H21ClN2O3. The largest absolute Gasteiger partial charge is 0.427 e. The van der Waals surface area contributed by atoms with Crippen LogP contribution in [0.25, 0.3) is 11.1 Å². The number of benzene rings is 2. The van der Waals surface area contributed by atoms with Crippen LogP contribution in [0.3, 0.4) is 0 Å². The molecule has 0 aliphatic heterocycles. The van der Waals surface area contributed by atoms with Gasteiger partial charge in [-0.05, 0) is 47.5 Å². The van der Waals surface area contributed by atoms with Gasteiger partial charge in [-0.15, -0.1) is 12.4 Å². The van der Waals surface area contributed by atoms with E-state index in [1.54, 1.807) is 30.5 Å². The van der Waals surface area contributed by atoms with Crippen LogP contribution in [0, 0.1) is 0 Å². The van der Waals surface area contributed by atoms with Gasteiger partial charge in [0.15, 0.2) is 0 Å². The van der Waals surface area contributed by atoms with Crippen molar-refractivity contribution in [1.29, 1.82) is 0 Å². The maximum atomic E-state index is 12.3. The number of hydrogen-bond donors (Lipinski definition) is 1. The minimum Gasteiger partial charge on any atom is -0.427 e. The summed E-state index contributed by atoms with van der Waals surface area (Å²) in [6.07, 6.45) is 2.44. The number of carbonyl (C=O) groups is 2. The van der Waals surface area contributed by atoms with Crippen molar-refractivity contribution in [1.82, 2.24) is 10.3 Å². The first-order valence-corrected chi connectivity index (χ1v) is 8.69. The van der Waals surface area contributed by atoms with E-state index in [-0.39, 0.29) is 24.3 Å². The number of rotatable bonds is 6. The van der Waals surface area contributed by atoms with E-state index in [1.165, 1.54) is 6.92 Å². The molecule has 1 heterocycles. The Morgan fingerprint density at radius 2 is 1.57 bits per heavy atom. The Morgan fingerprint density at radius 1 is 0.929 bits per heavy atom. The molecule has 5 nitrogen and oxygen atoms in total. The predicted molar refractivity (Wildman–Crippen MR) is 111 cm³/mol. The maximum absolute atomic E-state index is 12.3. The van der Waals surface area contributed by atoms with Gasteiger partial charge in [-0.2, -0.15) is 0 Å². The van der Waals surface area contributed by atoms with E-state index in [2.05, 4.69) is 10.3 Å². The van der Waals surface area contributed by atoms with E-state index in [0.717, 1.165) is 16.8 Å². The van der Waals surface area contributed by atoms with Crippen molar-refractivity contribution in [3.8, 4) is 16.9 Å². The van der Waals surface area contributed by atoms with Crippen LogP contribution in [0.4, 0.5) is 0 Å². The molecule has 0 radical (unpaired) electrons. The topological polar surface area (TPSA) is 68.3 Å². The summed E-state index contributed by atoms with van der Waals surface area (Å²) in [5.74, 6) is 0.0546. The van der Waals surface area contributed by atoms with E-state index in [0.29, 0.717) is 24.3 Å². The van der Waals surface area contributed by atoms with E-state index < -0.39 is 0 Å². The Labute approximate surface area is 170 Å². The van der Waals surface area contributed by atoms with Crippen molar-refractivity contribution in [2.24, 2.45) is 0 Å². The number of carbonyl (C=O) groups excluding carboxylic acids is 2. The van der Waals surface area contributed by atoms with Gasteiger partial charge in [0.25, 0.3) is 5.91 Å². The van der Waals surface area contributed by atoms with Gasteiger partial charge in [0.05, 0.1) is 0 Å². The van der Waals surface area contributed by atoms with Crippen LogP contribution in [0.5, 0.6) is 5.75 Å². The van der Waals surface area contributed by atoms with Crippen molar-refractivity contribution < 1.29 is 14.3 Å². The molecule has 3 aromatic rings. The summed E-state index contributed by atoms with van der Waals surface area (Å²) in [5, 5.41) is 2.90. The summed E-state index contributed by atoms with van der Waals surface area (Å²) in [7, 11) is 0. The molecule has 3 rings (SSSR count). The minimum absolute atomic E-state index is 0. The molecule has 1 amide bonds. The summed E-state index contributed by atoms with van der Waals surface area (Å²) in [6, 6.07) is 20.4. The van der Waals surface area contributed by atoms with Crippen LogP contribution in [0.2, 0.25) is 0 Å². The lowest BCUT2D eigenvalue weighted by atomic mass is 10.0. The number of ether oxygens (including phenoxy) is 1. The zero-order chi connectivity index (χ0) is 19.1. The fraction of sp³-hybridized carbons (Fsp3) is 0.136. The molecule has 6 heteroatoms. The van der Waals surface area contributed by atoms with Gasteiger partial charge in [-0.1, -0.05) is 30.3 Å². The monoisotopic (exact) mass is 396 g/mol. The number of pyridine rings is 1. The summed E-state index contributed by atoms with van der Waals surface area (Å²) in [6.45, 7) is 1.91. The Bertz CT molecular complexity index is 911. The highest BCUT2D eigenvalue weighted by atomic mass is 35.5. The predicted octanol–water partition coefficient (Wildman–Crippen LogP) is 4.07. The summed E-state index contributed by atoms with van der Waals surface area (Å²) in [4.78, 5) is 27.4. The van der Waals surface area contributed by atoms with Crippen molar-refractivity contribution >= 4 is 24.3 Å². The minimum atomic E-state index is -0.346. The molecule has 1 aromatic heterocycles. The number of amides is 1. The first-order valence-electron chi connectivity index (χ1n) is 8.69. The quantitative estimate of drug-likeness (QED) is 0.503. The molecule has 0 aliphatic carbocycles. The molecule has 0 saturated heterocycles. The van der Waals surface area contributed by atoms with Crippen LogP contribution in [0.1, 0.15) is 23.0 Å². The van der Waals surface area contributed by atoms with Gasteiger partial charge < -0.3 is 10.1 Å². The van der Waals surface area contributed by atoms with Gasteiger partial charge in [-0.3, -0.25) is 14.6 Å². The average Bonchev–Trinajstić information content (AvgIpc) is 2.69. The number of nitrogens with zero attached hydrogens (tertiary/aromatic N) is 1. The lowest BCUT2D eigenvalue weighted by molar-refractivity contribution is -0.131. The number of aromatic nitrogens is 1. The third kappa shape index (κ3) is 5.93. The fourth-order valence-corrected chi connectivity index (χ4v) is 2.65. The molecule has 144 valence electrons. The highest BCUT2D eigenvalue weighted by molar-refractivity contribution is 5.94. The highest BCUT2D eigenvalue weighted by Crippen LogP contribution is 2.23. The van der Waals surface area contributed by atoms with Gasteiger partial charge >= 0.3 is 5.97 Å². The van der Waals surface area contributed by atoms with Crippen LogP contribution in [-0.4, -0.2) is 23.4 Å². The van der Waals surface area contributed by atoms with Gasteiger partial charge in [0, 0.05) is 37.3 Å². The third-order valence-electron chi connectivity index (χ3n) is 3.99. The zero-order valence-corrected chi connectivity index (χ0v) is 16.2. The van der Waals surface area contributed by atoms with Crippen molar-refractivity contribution in [3.05, 3.63) is 84.2 Å². The highest BCUT2D eigenvalue weighted by Gasteiger charge is 2.06. The van der Waals surface area contributed by atoms with Crippen LogP contribution >= 0.6 is 12.4 Å². The lowest BCUT2D eigenvalue weighted by Crippen LogP contribution is -2.25. The second-order valence-corrected chi connectivity index (χ2v) is 6.02. The number of hydrogen-bond acceptors (Lipinski definition) is 4. The summed E-state index contributed by atoms with van der Waals surface area (Å²) >= 11 is 0. The van der Waals surface area contributed by atoms with E-state index in [1.807, 2.05) is 42.5 Å². The lowest BCUT2D eigenvalue weighted by Gasteiger charge is -2.07. The maximum Gasteiger partial charge on any atom is 0.308 e. The Kier molecular flexibility index (Phi) is 7.72. The van der Waals surface area contributed by atoms with Crippen LogP contribution < -0.4 is 10.1 Å². The van der Waals surface area contributed by atoms with Crippen LogP contribution in [-0.2, 0) is 11.2 Å². The standard InChI is InChI=1S/C22H20N2O3.ClH/c1-16(25)27-21-11-9-18(10-12-21)17-5-7-19(8-6-17)22(26)24-15-13-20-4-2-3-14-23-20;/h2-12,14H,13,15H2,1H3,(H,24,26);1H. The molecule has 28 heavy (non-hydrogen) atoms. The first-order chi connectivity index (χ1) is 13.1. The van der Waals surface area contributed by atoms with Crippen molar-refractivity contribution in [2.75, 3.05) is 6.54 Å². The first kappa shape index (κ1) is 21.1. The second kappa shape index (κ2) is 10.2. The van der Waals surface area contributed by atoms with Gasteiger partial charge in [0.2, 0.25) is 0 Å². The fourth-order valence-electron chi connectivity index (χ4n) is 2.65. The molecule has 0 spiro atoms. The smallest absolute Gasteiger partial charge is 0.308 e. The summed E-state index contributed by atoms with van der Waals surface area (Å²) in [5.41, 5.74) is 3.52. The number of halogens is 1. The van der Waals surface area contributed by atoms with Crippen molar-refractivity contribution in [2.45, 2.75) is 13.3 Å². The van der Waals surface area contributed by atoms with Crippen LogP contribution in [0.15, 0.2) is 72.9 Å². The Balaban J connectivity index is 0.00000280. The van der Waals surface area contributed by atoms with Gasteiger partial charge in [0.1, 0.15) is 5.75 Å². The molecule has 1 N–H and O–H groups in total. The Morgan fingerprint density at radius 3 is 2.14 bits per heavy atom. The molecule has 0 atom stereocenters. The van der Waals surface area contributed by atoms with Gasteiger partial charge in [-0.25, -0.2) is 0 Å². The number of esters is 1. The molecule has 2 aromatic carbocycles. The zero-order valence-electron chi connectivity index (χ0n) is 15.4. The number of nitrogens with one attached hydrogen (secondary N) is 1. The molecular weight excluding hydrogens is 376 g/mol. The molecule has 0 bridgehead atoms. The molecule has 0 unspecified atom stereocenters.